The van der Waals surface area contributed by atoms with Crippen LogP contribution in [-0.4, -0.2) is 85.8 Å². The van der Waals surface area contributed by atoms with Crippen LogP contribution in [0.15, 0.2) is 23.3 Å². The number of hydrogen-bond acceptors (Lipinski definition) is 10. The molecule has 3 heterocycles. The zero-order valence-electron chi connectivity index (χ0n) is 21.0. The average molecular weight is 540 g/mol. The summed E-state index contributed by atoms with van der Waals surface area (Å²) in [4.78, 5) is 49.7. The number of hydrogen-bond donors (Lipinski definition) is 3. The average Bonchev–Trinajstić information content (AvgIpc) is 3.69. The lowest BCUT2D eigenvalue weighted by molar-refractivity contribution is -0.139. The van der Waals surface area contributed by atoms with Gasteiger partial charge >= 0.3 is 5.97 Å². The van der Waals surface area contributed by atoms with Crippen LogP contribution >= 0.6 is 0 Å². The zero-order valence-corrected chi connectivity index (χ0v) is 21.0. The highest BCUT2D eigenvalue weighted by Gasteiger charge is 2.38. The molecule has 0 aromatic heterocycles. The second kappa shape index (κ2) is 17.8. The second-order valence-electron chi connectivity index (χ2n) is 9.29. The lowest BCUT2D eigenvalue weighted by Crippen LogP contribution is -2.29. The largest absolute Gasteiger partial charge is 0.480 e. The fourth-order valence-electron chi connectivity index (χ4n) is 4.73. The molecule has 0 saturated carbocycles. The maximum atomic E-state index is 10.4. The molecule has 3 saturated heterocycles. The minimum absolute atomic E-state index is 0. The Kier molecular flexibility index (Phi) is 15.7. The number of aldehydes is 4. The Bertz CT molecular complexity index is 828. The number of aliphatic carboxylic acids is 1. The first-order valence-corrected chi connectivity index (χ1v) is 12.5. The summed E-state index contributed by atoms with van der Waals surface area (Å²) in [5.41, 5.74) is 1.69. The zero-order chi connectivity index (χ0) is 27.2. The van der Waals surface area contributed by atoms with Gasteiger partial charge in [0.25, 0.3) is 0 Å². The van der Waals surface area contributed by atoms with Gasteiger partial charge in [0.15, 0.2) is 12.6 Å². The van der Waals surface area contributed by atoms with Crippen LogP contribution in [0.1, 0.15) is 58.8 Å². The summed E-state index contributed by atoms with van der Waals surface area (Å²) in [6.07, 6.45) is 12.2. The molecule has 38 heavy (non-hydrogen) atoms. The van der Waals surface area contributed by atoms with Gasteiger partial charge in [-0.15, -0.1) is 0 Å². The van der Waals surface area contributed by atoms with Crippen LogP contribution in [0, 0.1) is 11.8 Å². The first-order chi connectivity index (χ1) is 17.8. The molecular weight excluding hydrogens is 498 g/mol. The highest BCUT2D eigenvalue weighted by atomic mass is 16.7. The van der Waals surface area contributed by atoms with Crippen molar-refractivity contribution >= 4 is 31.1 Å². The molecule has 3 aliphatic heterocycles. The summed E-state index contributed by atoms with van der Waals surface area (Å²) in [5.74, 6) is -0.0529. The number of carboxylic acids is 1. The van der Waals surface area contributed by atoms with E-state index in [1.54, 1.807) is 7.11 Å². The van der Waals surface area contributed by atoms with E-state index in [2.05, 4.69) is 5.32 Å². The highest BCUT2D eigenvalue weighted by molar-refractivity contribution is 5.75. The molecule has 11 heteroatoms. The maximum absolute atomic E-state index is 10.4. The van der Waals surface area contributed by atoms with Crippen LogP contribution < -0.4 is 5.32 Å². The fourth-order valence-corrected chi connectivity index (χ4v) is 4.73. The number of rotatable bonds is 7. The van der Waals surface area contributed by atoms with E-state index in [4.69, 9.17) is 24.4 Å². The molecule has 2 aliphatic carbocycles. The van der Waals surface area contributed by atoms with Crippen molar-refractivity contribution in [1.29, 1.82) is 0 Å². The van der Waals surface area contributed by atoms with Crippen molar-refractivity contribution in [2.45, 2.75) is 89.6 Å². The van der Waals surface area contributed by atoms with Crippen molar-refractivity contribution in [3.05, 3.63) is 23.3 Å². The molecular formula is C27H41NO10. The Morgan fingerprint density at radius 3 is 1.92 bits per heavy atom. The van der Waals surface area contributed by atoms with Crippen molar-refractivity contribution in [3.63, 3.8) is 0 Å². The Balaban J connectivity index is 0.000000260. The predicted molar refractivity (Wildman–Crippen MR) is 137 cm³/mol. The van der Waals surface area contributed by atoms with Gasteiger partial charge < -0.3 is 39.3 Å². The maximum Gasteiger partial charge on any atom is 0.320 e. The van der Waals surface area contributed by atoms with Gasteiger partial charge in [0.05, 0.1) is 12.2 Å². The molecule has 5 aliphatic rings. The first kappa shape index (κ1) is 33.5. The number of carbonyl (C=O) groups excluding carboxylic acids is 4. The third kappa shape index (κ3) is 10.7. The molecule has 0 spiro atoms. The van der Waals surface area contributed by atoms with E-state index in [0.29, 0.717) is 31.6 Å². The van der Waals surface area contributed by atoms with Gasteiger partial charge in [-0.2, -0.15) is 0 Å². The number of unbranched alkanes of at least 4 members (excludes halogenated alkanes) is 1. The molecule has 0 aromatic carbocycles. The smallest absolute Gasteiger partial charge is 0.320 e. The number of aliphatic hydroxyl groups is 1. The Hall–Kier alpha value is -2.57. The van der Waals surface area contributed by atoms with E-state index in [1.165, 1.54) is 0 Å². The van der Waals surface area contributed by atoms with E-state index in [9.17, 15) is 24.0 Å². The molecule has 3 N–H and O–H groups in total. The molecule has 0 amide bonds. The summed E-state index contributed by atoms with van der Waals surface area (Å²) < 4.78 is 15.8. The van der Waals surface area contributed by atoms with E-state index in [0.717, 1.165) is 68.5 Å². The van der Waals surface area contributed by atoms with Crippen LogP contribution in [0.25, 0.3) is 0 Å². The van der Waals surface area contributed by atoms with Crippen LogP contribution in [0.2, 0.25) is 0 Å². The van der Waals surface area contributed by atoms with E-state index in [1.807, 2.05) is 12.2 Å². The Labute approximate surface area is 223 Å². The third-order valence-corrected chi connectivity index (χ3v) is 6.61. The van der Waals surface area contributed by atoms with Crippen LogP contribution in [0.4, 0.5) is 0 Å². The molecule has 2 unspecified atom stereocenters. The summed E-state index contributed by atoms with van der Waals surface area (Å²) >= 11 is 0. The van der Waals surface area contributed by atoms with Crippen molar-refractivity contribution < 1.29 is 48.4 Å². The number of carboxylic acid groups (broad SMARTS) is 1. The molecule has 0 bridgehead atoms. The fraction of sp³-hybridized carbons (Fsp3) is 0.667. The van der Waals surface area contributed by atoms with Gasteiger partial charge in [-0.05, 0) is 30.5 Å². The number of aliphatic hydroxyl groups excluding tert-OH is 1. The van der Waals surface area contributed by atoms with Crippen LogP contribution in [0.5, 0.6) is 0 Å². The minimum atomic E-state index is -0.720. The Morgan fingerprint density at radius 2 is 1.55 bits per heavy atom. The number of ether oxygens (including phenoxy) is 3. The van der Waals surface area contributed by atoms with Crippen molar-refractivity contribution in [2.75, 3.05) is 13.7 Å². The number of methoxy groups -OCH3 is 1. The molecule has 3 fully saturated rings. The van der Waals surface area contributed by atoms with E-state index in [-0.39, 0.29) is 37.9 Å². The van der Waals surface area contributed by atoms with Crippen molar-refractivity contribution in [1.82, 2.24) is 5.32 Å². The molecule has 214 valence electrons. The van der Waals surface area contributed by atoms with Gasteiger partial charge in [-0.1, -0.05) is 19.6 Å². The summed E-state index contributed by atoms with van der Waals surface area (Å²) in [5, 5.41) is 20.3. The van der Waals surface area contributed by atoms with Crippen LogP contribution in [0.3, 0.4) is 0 Å². The number of fused-ring (bicyclic) bond motifs is 2. The second-order valence-corrected chi connectivity index (χ2v) is 9.29. The van der Waals surface area contributed by atoms with Gasteiger partial charge in [0.2, 0.25) is 0 Å². The summed E-state index contributed by atoms with van der Waals surface area (Å²) in [7, 11) is 1.65. The van der Waals surface area contributed by atoms with Gasteiger partial charge in [0.1, 0.15) is 31.2 Å². The first-order valence-electron chi connectivity index (χ1n) is 12.5. The molecule has 0 radical (unpaired) electrons. The SMILES string of the molecule is C.COC1C[C@@H]2C=C(C=O)C[C@@H]2O1.O=C(O)[C@@H]1CCCN1.O=CC1=C[C@H]2CC(O)O[C@H]2C1.O=CCCC=O. The lowest BCUT2D eigenvalue weighted by atomic mass is 10.1. The molecule has 11 nitrogen and oxygen atoms in total. The monoisotopic (exact) mass is 539 g/mol. The Morgan fingerprint density at radius 1 is 1.00 bits per heavy atom. The minimum Gasteiger partial charge on any atom is -0.480 e. The molecule has 0 aromatic rings. The molecule has 7 atom stereocenters. The quantitative estimate of drug-likeness (QED) is 0.319. The number of carbonyl (C=O) groups is 5. The normalized spacial score (nSPS) is 31.7. The van der Waals surface area contributed by atoms with Crippen molar-refractivity contribution in [3.8, 4) is 0 Å². The molecule has 5 rings (SSSR count). The van der Waals surface area contributed by atoms with Crippen LogP contribution in [-0.2, 0) is 38.2 Å². The van der Waals surface area contributed by atoms with Gasteiger partial charge in [0, 0.05) is 57.5 Å². The third-order valence-electron chi connectivity index (χ3n) is 6.61. The number of nitrogens with one attached hydrogen (secondary N) is 1. The lowest BCUT2D eigenvalue weighted by Gasteiger charge is -2.09. The topological polar surface area (TPSA) is 166 Å². The van der Waals surface area contributed by atoms with Gasteiger partial charge in [-0.25, -0.2) is 0 Å². The van der Waals surface area contributed by atoms with Crippen molar-refractivity contribution in [2.24, 2.45) is 11.8 Å². The van der Waals surface area contributed by atoms with E-state index >= 15 is 0 Å². The summed E-state index contributed by atoms with van der Waals surface area (Å²) in [6, 6.07) is -0.269. The summed E-state index contributed by atoms with van der Waals surface area (Å²) in [6.45, 7) is 0.858. The van der Waals surface area contributed by atoms with Gasteiger partial charge in [-0.3, -0.25) is 14.4 Å². The standard InChI is InChI=1S/C9H12O3.C8H10O3.C5H9NO2.C4H6O2.CH4/c1-11-9-4-7-2-6(5-10)3-8(7)12-9;9-4-5-1-6-3-8(10)11-7(6)2-5;7-5(8)4-2-1-3-6-4;5-3-1-2-4-6;/h2,5,7-9H,3-4H2,1H3;1,4,6-8,10H,2-3H2;4,6H,1-3H2,(H,7,8);3-4H,1-2H2;1H4/t7-,8-,9?;6-,7-,8?;4-;;/m000../s1. The highest BCUT2D eigenvalue weighted by Crippen LogP contribution is 2.37. The predicted octanol–water partition coefficient (Wildman–Crippen LogP) is 1.76. The van der Waals surface area contributed by atoms with E-state index < -0.39 is 12.3 Å².